The van der Waals surface area contributed by atoms with Crippen LogP contribution in [-0.4, -0.2) is 24.2 Å². The largest absolute Gasteiger partial charge is 0.493 e. The Morgan fingerprint density at radius 1 is 1.11 bits per heavy atom. The zero-order valence-electron chi connectivity index (χ0n) is 20.3. The highest BCUT2D eigenvalue weighted by atomic mass is 35.5. The van der Waals surface area contributed by atoms with Crippen LogP contribution in [0.1, 0.15) is 12.5 Å². The van der Waals surface area contributed by atoms with Gasteiger partial charge in [-0.05, 0) is 61.0 Å². The molecule has 0 atom stereocenters. The van der Waals surface area contributed by atoms with Gasteiger partial charge in [-0.3, -0.25) is 14.2 Å². The van der Waals surface area contributed by atoms with Crippen molar-refractivity contribution < 1.29 is 14.3 Å². The highest BCUT2D eigenvalue weighted by Crippen LogP contribution is 2.28. The van der Waals surface area contributed by atoms with Crippen LogP contribution in [0.25, 0.3) is 17.3 Å². The van der Waals surface area contributed by atoms with E-state index in [1.54, 1.807) is 54.6 Å². The third kappa shape index (κ3) is 5.76. The topological polar surface area (TPSA) is 93.4 Å². The Bertz CT molecular complexity index is 1720. The molecule has 0 aliphatic carbocycles. The molecule has 0 radical (unpaired) electrons. The first-order chi connectivity index (χ1) is 18.4. The Kier molecular flexibility index (Phi) is 8.54. The highest BCUT2D eigenvalue weighted by molar-refractivity contribution is 7.07. The molecule has 38 heavy (non-hydrogen) atoms. The van der Waals surface area contributed by atoms with E-state index in [1.807, 2.05) is 19.1 Å². The number of nitriles is 1. The minimum absolute atomic E-state index is 0.176. The van der Waals surface area contributed by atoms with Gasteiger partial charge in [-0.1, -0.05) is 47.5 Å². The second kappa shape index (κ2) is 12.0. The first kappa shape index (κ1) is 27.0. The lowest BCUT2D eigenvalue weighted by molar-refractivity contribution is -0.111. The van der Waals surface area contributed by atoms with E-state index >= 15 is 0 Å². The SMILES string of the molecule is CCOc1ccc(C=c2sc(=C(C#N)C(=O)Nc3ccc(Cl)cc3Cl)n(-c3ccccc3)c2=O)cc1OC. The number of rotatable bonds is 7. The van der Waals surface area contributed by atoms with Crippen molar-refractivity contribution >= 4 is 57.8 Å². The van der Waals surface area contributed by atoms with E-state index in [-0.39, 0.29) is 26.5 Å². The zero-order valence-corrected chi connectivity index (χ0v) is 22.7. The molecule has 1 heterocycles. The van der Waals surface area contributed by atoms with Crippen molar-refractivity contribution in [2.75, 3.05) is 19.0 Å². The molecule has 10 heteroatoms. The molecule has 0 aliphatic heterocycles. The number of hydrogen-bond acceptors (Lipinski definition) is 6. The maximum atomic E-state index is 13.6. The van der Waals surface area contributed by atoms with Crippen LogP contribution in [0.4, 0.5) is 5.69 Å². The Morgan fingerprint density at radius 2 is 1.87 bits per heavy atom. The quantitative estimate of drug-likeness (QED) is 0.349. The monoisotopic (exact) mass is 565 g/mol. The molecule has 3 aromatic carbocycles. The number of amides is 1. The standard InChI is InChI=1S/C28H21Cl2N3O4S/c1-3-37-23-12-9-17(13-24(23)36-2)14-25-27(35)33(19-7-5-4-6-8-19)28(38-25)20(16-31)26(34)32-22-11-10-18(29)15-21(22)30/h4-15H,3H2,1-2H3,(H,32,34). The lowest BCUT2D eigenvalue weighted by atomic mass is 10.2. The summed E-state index contributed by atoms with van der Waals surface area (Å²) in [6, 6.07) is 20.6. The Balaban J connectivity index is 1.92. The molecular weight excluding hydrogens is 545 g/mol. The van der Waals surface area contributed by atoms with Crippen molar-refractivity contribution in [2.24, 2.45) is 0 Å². The van der Waals surface area contributed by atoms with E-state index in [4.69, 9.17) is 32.7 Å². The molecular formula is C28H21Cl2N3O4S. The van der Waals surface area contributed by atoms with Gasteiger partial charge < -0.3 is 14.8 Å². The third-order valence-electron chi connectivity index (χ3n) is 5.36. The first-order valence-corrected chi connectivity index (χ1v) is 12.9. The van der Waals surface area contributed by atoms with E-state index in [2.05, 4.69) is 5.32 Å². The molecule has 7 nitrogen and oxygen atoms in total. The smallest absolute Gasteiger partial charge is 0.273 e. The van der Waals surface area contributed by atoms with Gasteiger partial charge in [-0.25, -0.2) is 0 Å². The number of carbonyl (C=O) groups excluding carboxylic acids is 1. The number of halogens is 2. The van der Waals surface area contributed by atoms with Crippen LogP contribution < -0.4 is 29.5 Å². The molecule has 0 saturated carbocycles. The van der Waals surface area contributed by atoms with Crippen LogP contribution in [-0.2, 0) is 4.79 Å². The second-order valence-corrected chi connectivity index (χ2v) is 9.67. The van der Waals surface area contributed by atoms with E-state index in [9.17, 15) is 14.9 Å². The van der Waals surface area contributed by atoms with E-state index < -0.39 is 5.91 Å². The molecule has 4 aromatic rings. The van der Waals surface area contributed by atoms with Gasteiger partial charge in [0.25, 0.3) is 11.5 Å². The first-order valence-electron chi connectivity index (χ1n) is 11.4. The third-order valence-corrected chi connectivity index (χ3v) is 7.00. The summed E-state index contributed by atoms with van der Waals surface area (Å²) in [6.07, 6.45) is 1.68. The van der Waals surface area contributed by atoms with Gasteiger partial charge in [0.2, 0.25) is 0 Å². The van der Waals surface area contributed by atoms with Gasteiger partial charge in [0.05, 0.1) is 34.6 Å². The predicted octanol–water partition coefficient (Wildman–Crippen LogP) is 4.75. The minimum Gasteiger partial charge on any atom is -0.493 e. The Morgan fingerprint density at radius 3 is 2.53 bits per heavy atom. The maximum absolute atomic E-state index is 13.6. The van der Waals surface area contributed by atoms with Crippen LogP contribution in [0.2, 0.25) is 10.0 Å². The number of anilines is 1. The fourth-order valence-corrected chi connectivity index (χ4v) is 5.19. The van der Waals surface area contributed by atoms with Crippen LogP contribution >= 0.6 is 34.5 Å². The zero-order chi connectivity index (χ0) is 27.2. The van der Waals surface area contributed by atoms with E-state index in [0.717, 1.165) is 11.3 Å². The number of benzene rings is 3. The molecule has 0 aliphatic rings. The molecule has 0 unspecified atom stereocenters. The number of thiazole rings is 1. The average Bonchev–Trinajstić information content (AvgIpc) is 3.22. The number of para-hydroxylation sites is 1. The summed E-state index contributed by atoms with van der Waals surface area (Å²) in [5.74, 6) is 0.388. The summed E-state index contributed by atoms with van der Waals surface area (Å²) >= 11 is 13.2. The molecule has 0 bridgehead atoms. The minimum atomic E-state index is -0.711. The lowest BCUT2D eigenvalue weighted by Crippen LogP contribution is -2.32. The number of nitrogens with zero attached hydrogens (tertiary/aromatic N) is 2. The highest BCUT2D eigenvalue weighted by Gasteiger charge is 2.18. The van der Waals surface area contributed by atoms with Crippen molar-refractivity contribution in [3.05, 3.63) is 102 Å². The summed E-state index contributed by atoms with van der Waals surface area (Å²) in [5, 5.41) is 13.3. The molecule has 0 spiro atoms. The van der Waals surface area contributed by atoms with Crippen molar-refractivity contribution in [1.29, 1.82) is 5.26 Å². The fourth-order valence-electron chi connectivity index (χ4n) is 3.63. The predicted molar refractivity (Wildman–Crippen MR) is 151 cm³/mol. The molecule has 0 saturated heterocycles. The number of methoxy groups -OCH3 is 1. The van der Waals surface area contributed by atoms with Crippen LogP contribution in [0.15, 0.2) is 71.5 Å². The number of nitrogens with one attached hydrogen (secondary N) is 1. The van der Waals surface area contributed by atoms with E-state index in [1.165, 1.54) is 23.8 Å². The Labute approximate surface area is 232 Å². The summed E-state index contributed by atoms with van der Waals surface area (Å²) < 4.78 is 12.8. The number of ether oxygens (including phenoxy) is 2. The molecule has 0 fully saturated rings. The molecule has 192 valence electrons. The average molecular weight is 566 g/mol. The fraction of sp³-hybridized carbons (Fsp3) is 0.107. The second-order valence-electron chi connectivity index (χ2n) is 7.80. The van der Waals surface area contributed by atoms with Crippen molar-refractivity contribution in [3.8, 4) is 23.3 Å². The Hall–Kier alpha value is -4.03. The normalized spacial score (nSPS) is 12.0. The summed E-state index contributed by atoms with van der Waals surface area (Å²) in [6.45, 7) is 2.35. The van der Waals surface area contributed by atoms with Crippen molar-refractivity contribution in [2.45, 2.75) is 6.92 Å². The molecule has 1 amide bonds. The number of aromatic nitrogens is 1. The van der Waals surface area contributed by atoms with Crippen molar-refractivity contribution in [1.82, 2.24) is 4.57 Å². The van der Waals surface area contributed by atoms with Crippen LogP contribution in [0.5, 0.6) is 11.5 Å². The summed E-state index contributed by atoms with van der Waals surface area (Å²) in [4.78, 5) is 26.8. The summed E-state index contributed by atoms with van der Waals surface area (Å²) in [7, 11) is 1.53. The summed E-state index contributed by atoms with van der Waals surface area (Å²) in [5.41, 5.74) is 0.858. The van der Waals surface area contributed by atoms with Gasteiger partial charge in [0, 0.05) is 5.02 Å². The van der Waals surface area contributed by atoms with Crippen LogP contribution in [0.3, 0.4) is 0 Å². The number of hydrogen-bond donors (Lipinski definition) is 1. The van der Waals surface area contributed by atoms with Crippen LogP contribution in [0, 0.1) is 11.3 Å². The number of carbonyl (C=O) groups is 1. The molecule has 1 N–H and O–H groups in total. The van der Waals surface area contributed by atoms with Gasteiger partial charge in [0.1, 0.15) is 10.7 Å². The maximum Gasteiger partial charge on any atom is 0.273 e. The molecule has 1 aromatic heterocycles. The van der Waals surface area contributed by atoms with Gasteiger partial charge in [-0.2, -0.15) is 5.26 Å². The van der Waals surface area contributed by atoms with Gasteiger partial charge in [0.15, 0.2) is 17.1 Å². The van der Waals surface area contributed by atoms with Crippen molar-refractivity contribution in [3.63, 3.8) is 0 Å². The van der Waals surface area contributed by atoms with E-state index in [0.29, 0.717) is 38.9 Å². The lowest BCUT2D eigenvalue weighted by Gasteiger charge is -2.09. The molecule has 4 rings (SSSR count). The van der Waals surface area contributed by atoms with Gasteiger partial charge in [-0.15, -0.1) is 11.3 Å². The van der Waals surface area contributed by atoms with Gasteiger partial charge >= 0.3 is 0 Å².